The van der Waals surface area contributed by atoms with E-state index in [0.29, 0.717) is 158 Å². The molecule has 0 radical (unpaired) electrons. The van der Waals surface area contributed by atoms with Gasteiger partial charge in [-0.3, -0.25) is 4.79 Å². The lowest BCUT2D eigenvalue weighted by molar-refractivity contribution is -0.145. The molecule has 16 heteroatoms. The Labute approximate surface area is 321 Å². The zero-order valence-electron chi connectivity index (χ0n) is 32.5. The molecule has 0 aromatic heterocycles. The lowest BCUT2D eigenvalue weighted by Crippen LogP contribution is -2.28. The Morgan fingerprint density at radius 2 is 0.796 bits per heavy atom. The van der Waals surface area contributed by atoms with Gasteiger partial charge in [0.15, 0.2) is 0 Å². The van der Waals surface area contributed by atoms with Gasteiger partial charge in [-0.15, -0.1) is 0 Å². The summed E-state index contributed by atoms with van der Waals surface area (Å²) in [6, 6.07) is 9.50. The molecule has 1 aromatic rings. The molecule has 1 N–H and O–H groups in total. The molecule has 0 aliphatic heterocycles. The number of ether oxygens (including phenoxy) is 13. The number of hydrogen-bond donors (Lipinski definition) is 1. The summed E-state index contributed by atoms with van der Waals surface area (Å²) in [5.74, 6) is -0.164. The number of esters is 1. The Morgan fingerprint density at radius 3 is 1.17 bits per heavy atom. The van der Waals surface area contributed by atoms with Gasteiger partial charge >= 0.3 is 12.1 Å². The fraction of sp³-hybridized carbons (Fsp3) is 0.789. The lowest BCUT2D eigenvalue weighted by Gasteiger charge is -2.09. The first kappa shape index (κ1) is 49.5. The number of carbonyl (C=O) groups excluding carboxylic acids is 2. The van der Waals surface area contributed by atoms with Gasteiger partial charge in [0.2, 0.25) is 0 Å². The highest BCUT2D eigenvalue weighted by molar-refractivity contribution is 5.69. The smallest absolute Gasteiger partial charge is 0.407 e. The second-order valence-electron chi connectivity index (χ2n) is 11.4. The maximum absolute atomic E-state index is 11.7. The molecule has 16 nitrogen and oxygen atoms in total. The van der Waals surface area contributed by atoms with Crippen molar-refractivity contribution in [2.24, 2.45) is 0 Å². The van der Waals surface area contributed by atoms with Gasteiger partial charge in [0, 0.05) is 13.0 Å². The Morgan fingerprint density at radius 1 is 0.444 bits per heavy atom. The summed E-state index contributed by atoms with van der Waals surface area (Å²) in [7, 11) is 0. The van der Waals surface area contributed by atoms with E-state index in [1.807, 2.05) is 30.3 Å². The zero-order chi connectivity index (χ0) is 38.7. The predicted octanol–water partition coefficient (Wildman–Crippen LogP) is 3.22. The van der Waals surface area contributed by atoms with Crippen LogP contribution >= 0.6 is 0 Å². The standard InChI is InChI=1S/C38H67NO15/c1-2-3-5-10-37(40)53-34-33-52-32-31-51-30-29-50-28-27-49-26-25-48-24-23-47-22-21-46-20-19-45-18-17-44-16-15-43-14-13-42-12-11-39-38(41)54-35-36-8-6-4-7-9-36/h4,6-9H,2-3,5,10-35H2,1H3,(H,39,41). The quantitative estimate of drug-likeness (QED) is 0.0759. The number of hydrogen-bond acceptors (Lipinski definition) is 15. The molecular weight excluding hydrogens is 710 g/mol. The molecule has 0 saturated carbocycles. The first-order valence-corrected chi connectivity index (χ1v) is 19.2. The van der Waals surface area contributed by atoms with Crippen LogP contribution in [0.2, 0.25) is 0 Å². The third kappa shape index (κ3) is 37.8. The van der Waals surface area contributed by atoms with Gasteiger partial charge in [-0.1, -0.05) is 50.1 Å². The Hall–Kier alpha value is -2.48. The first-order chi connectivity index (χ1) is 26.7. The summed E-state index contributed by atoms with van der Waals surface area (Å²) in [4.78, 5) is 23.1. The summed E-state index contributed by atoms with van der Waals surface area (Å²) >= 11 is 0. The van der Waals surface area contributed by atoms with Crippen LogP contribution in [-0.4, -0.2) is 171 Å². The fourth-order valence-corrected chi connectivity index (χ4v) is 4.11. The van der Waals surface area contributed by atoms with Crippen molar-refractivity contribution in [3.8, 4) is 0 Å². The number of benzene rings is 1. The largest absolute Gasteiger partial charge is 0.463 e. The zero-order valence-corrected chi connectivity index (χ0v) is 32.5. The van der Waals surface area contributed by atoms with E-state index in [0.717, 1.165) is 24.8 Å². The lowest BCUT2D eigenvalue weighted by atomic mass is 10.2. The van der Waals surface area contributed by atoms with E-state index in [9.17, 15) is 9.59 Å². The van der Waals surface area contributed by atoms with Gasteiger partial charge < -0.3 is 66.9 Å². The number of unbranched alkanes of at least 4 members (excludes halogenated alkanes) is 2. The minimum Gasteiger partial charge on any atom is -0.463 e. The topological polar surface area (TPSA) is 166 Å². The number of carbonyl (C=O) groups is 2. The average molecular weight is 778 g/mol. The van der Waals surface area contributed by atoms with Gasteiger partial charge in [0.05, 0.1) is 145 Å². The highest BCUT2D eigenvalue weighted by Crippen LogP contribution is 2.01. The van der Waals surface area contributed by atoms with Crippen LogP contribution in [-0.2, 0) is 73.0 Å². The van der Waals surface area contributed by atoms with E-state index in [-0.39, 0.29) is 19.2 Å². The molecule has 0 fully saturated rings. The molecule has 1 amide bonds. The highest BCUT2D eigenvalue weighted by Gasteiger charge is 2.03. The van der Waals surface area contributed by atoms with E-state index in [1.54, 1.807) is 0 Å². The third-order valence-corrected chi connectivity index (χ3v) is 6.92. The Kier molecular flexibility index (Phi) is 38.2. The Balaban J connectivity index is 1.63. The van der Waals surface area contributed by atoms with E-state index < -0.39 is 6.09 Å². The summed E-state index contributed by atoms with van der Waals surface area (Å²) in [6.45, 7) is 13.2. The second kappa shape index (κ2) is 41.7. The van der Waals surface area contributed by atoms with Gasteiger partial charge in [-0.2, -0.15) is 0 Å². The maximum Gasteiger partial charge on any atom is 0.407 e. The average Bonchev–Trinajstić information content (AvgIpc) is 3.18. The predicted molar refractivity (Wildman–Crippen MR) is 199 cm³/mol. The molecule has 0 atom stereocenters. The number of nitrogens with one attached hydrogen (secondary N) is 1. The van der Waals surface area contributed by atoms with Gasteiger partial charge in [0.25, 0.3) is 0 Å². The summed E-state index contributed by atoms with van der Waals surface area (Å²) < 4.78 is 70.3. The van der Waals surface area contributed by atoms with E-state index in [1.165, 1.54) is 0 Å². The molecule has 0 spiro atoms. The monoisotopic (exact) mass is 777 g/mol. The molecule has 54 heavy (non-hydrogen) atoms. The molecular formula is C38H67NO15. The van der Waals surface area contributed by atoms with Gasteiger partial charge in [-0.25, -0.2) is 4.79 Å². The molecule has 0 aliphatic rings. The third-order valence-electron chi connectivity index (χ3n) is 6.92. The molecule has 0 aliphatic carbocycles. The summed E-state index contributed by atoms with van der Waals surface area (Å²) in [5, 5.41) is 2.64. The summed E-state index contributed by atoms with van der Waals surface area (Å²) in [5.41, 5.74) is 0.935. The minimum absolute atomic E-state index is 0.164. The summed E-state index contributed by atoms with van der Waals surface area (Å²) in [6.07, 6.45) is 3.00. The van der Waals surface area contributed by atoms with Gasteiger partial charge in [-0.05, 0) is 12.0 Å². The van der Waals surface area contributed by atoms with Crippen molar-refractivity contribution in [3.63, 3.8) is 0 Å². The molecule has 0 heterocycles. The molecule has 0 unspecified atom stereocenters. The molecule has 314 valence electrons. The van der Waals surface area contributed by atoms with Crippen LogP contribution in [0.1, 0.15) is 38.2 Å². The number of amides is 1. The van der Waals surface area contributed by atoms with Crippen LogP contribution in [0.5, 0.6) is 0 Å². The van der Waals surface area contributed by atoms with Crippen LogP contribution in [0.25, 0.3) is 0 Å². The van der Waals surface area contributed by atoms with Crippen molar-refractivity contribution < 1.29 is 71.2 Å². The molecule has 1 aromatic carbocycles. The van der Waals surface area contributed by atoms with Crippen molar-refractivity contribution >= 4 is 12.1 Å². The molecule has 1 rings (SSSR count). The van der Waals surface area contributed by atoms with Crippen molar-refractivity contribution in [2.45, 2.75) is 39.2 Å². The van der Waals surface area contributed by atoms with Crippen LogP contribution in [0.15, 0.2) is 30.3 Å². The van der Waals surface area contributed by atoms with Crippen LogP contribution < -0.4 is 5.32 Å². The minimum atomic E-state index is -0.472. The van der Waals surface area contributed by atoms with Crippen LogP contribution in [0, 0.1) is 0 Å². The van der Waals surface area contributed by atoms with E-state index in [2.05, 4.69) is 12.2 Å². The van der Waals surface area contributed by atoms with Crippen LogP contribution in [0.4, 0.5) is 4.79 Å². The molecule has 0 bridgehead atoms. The van der Waals surface area contributed by atoms with Crippen molar-refractivity contribution in [3.05, 3.63) is 35.9 Å². The fourth-order valence-electron chi connectivity index (χ4n) is 4.11. The first-order valence-electron chi connectivity index (χ1n) is 19.2. The number of alkyl carbamates (subject to hydrolysis) is 1. The van der Waals surface area contributed by atoms with Crippen LogP contribution in [0.3, 0.4) is 0 Å². The number of rotatable bonds is 42. The van der Waals surface area contributed by atoms with Crippen molar-refractivity contribution in [1.29, 1.82) is 0 Å². The highest BCUT2D eigenvalue weighted by atomic mass is 16.6. The maximum atomic E-state index is 11.7. The normalized spacial score (nSPS) is 11.2. The van der Waals surface area contributed by atoms with E-state index >= 15 is 0 Å². The molecule has 0 saturated heterocycles. The van der Waals surface area contributed by atoms with Crippen molar-refractivity contribution in [2.75, 3.05) is 159 Å². The second-order valence-corrected chi connectivity index (χ2v) is 11.4. The Bertz CT molecular complexity index is 931. The van der Waals surface area contributed by atoms with Crippen molar-refractivity contribution in [1.82, 2.24) is 5.32 Å². The van der Waals surface area contributed by atoms with E-state index in [4.69, 9.17) is 61.6 Å². The van der Waals surface area contributed by atoms with Gasteiger partial charge in [0.1, 0.15) is 13.2 Å². The SMILES string of the molecule is CCCCCC(=O)OCCOCCOCCOCCOCCOCCOCCOCCOCCOCCOCCOCCNC(=O)OCc1ccccc1.